The van der Waals surface area contributed by atoms with Gasteiger partial charge in [0.25, 0.3) is 0 Å². The second-order valence-electron chi connectivity index (χ2n) is 5.62. The first-order valence-corrected chi connectivity index (χ1v) is 7.22. The van der Waals surface area contributed by atoms with Crippen LogP contribution in [-0.4, -0.2) is 14.8 Å². The summed E-state index contributed by atoms with van der Waals surface area (Å²) in [4.78, 5) is 0. The Morgan fingerprint density at radius 1 is 1.09 bits per heavy atom. The van der Waals surface area contributed by atoms with Gasteiger partial charge in [0, 0.05) is 23.4 Å². The first kappa shape index (κ1) is 13.0. The highest BCUT2D eigenvalue weighted by Crippen LogP contribution is 2.32. The number of nitrogens with zero attached hydrogens (tertiary/aromatic N) is 3. The van der Waals surface area contributed by atoms with Crippen molar-refractivity contribution in [3.05, 3.63) is 53.3 Å². The summed E-state index contributed by atoms with van der Waals surface area (Å²) in [5.41, 5.74) is 10.6. The fourth-order valence-electron chi connectivity index (χ4n) is 2.91. The molecule has 0 atom stereocenters. The van der Waals surface area contributed by atoms with Crippen molar-refractivity contribution in [1.29, 1.82) is 0 Å². The molecule has 2 aromatic carbocycles. The van der Waals surface area contributed by atoms with E-state index in [1.807, 2.05) is 35.8 Å². The minimum atomic E-state index is -0.253. The van der Waals surface area contributed by atoms with Gasteiger partial charge in [0.15, 0.2) is 11.6 Å². The Bertz CT molecular complexity index is 882. The number of nitrogens with two attached hydrogens (primary N) is 1. The third kappa shape index (κ3) is 1.89. The van der Waals surface area contributed by atoms with Gasteiger partial charge in [-0.1, -0.05) is 18.2 Å². The summed E-state index contributed by atoms with van der Waals surface area (Å²) >= 11 is 0. The number of nitrogen functional groups attached to an aromatic ring is 1. The maximum atomic E-state index is 13.5. The number of fused-ring (bicyclic) bond motifs is 3. The van der Waals surface area contributed by atoms with Crippen molar-refractivity contribution >= 4 is 5.69 Å². The van der Waals surface area contributed by atoms with Crippen LogP contribution >= 0.6 is 0 Å². The van der Waals surface area contributed by atoms with E-state index >= 15 is 0 Å². The predicted octanol–water partition coefficient (Wildman–Crippen LogP) is 3.20. The highest BCUT2D eigenvalue weighted by Gasteiger charge is 2.22. The summed E-state index contributed by atoms with van der Waals surface area (Å²) in [7, 11) is 0. The normalized spacial score (nSPS) is 12.8. The molecule has 1 aromatic heterocycles. The van der Waals surface area contributed by atoms with Gasteiger partial charge in [0.1, 0.15) is 5.82 Å². The van der Waals surface area contributed by atoms with Gasteiger partial charge in [-0.05, 0) is 42.7 Å². The molecule has 5 heteroatoms. The summed E-state index contributed by atoms with van der Waals surface area (Å²) in [6.45, 7) is 2.75. The van der Waals surface area contributed by atoms with Gasteiger partial charge < -0.3 is 10.3 Å². The molecule has 0 radical (unpaired) electrons. The average Bonchev–Trinajstić information content (AvgIpc) is 2.94. The zero-order valence-electron chi connectivity index (χ0n) is 12.2. The smallest absolute Gasteiger partial charge is 0.164 e. The molecule has 110 valence electrons. The average molecular weight is 294 g/mol. The maximum absolute atomic E-state index is 13.5. The molecule has 0 amide bonds. The standard InChI is InChI=1S/C17H15FN4/c1-10-2-3-12(8-15(10)19)16-20-21-17-14-9-13(18)5-4-11(14)6-7-22(16)17/h2-5,8-9H,6-7,19H2,1H3. The van der Waals surface area contributed by atoms with Crippen molar-refractivity contribution in [3.63, 3.8) is 0 Å². The summed E-state index contributed by atoms with van der Waals surface area (Å²) in [5, 5.41) is 8.58. The number of halogens is 1. The molecule has 1 aliphatic heterocycles. The molecule has 0 aliphatic carbocycles. The van der Waals surface area contributed by atoms with Crippen LogP contribution in [0.3, 0.4) is 0 Å². The quantitative estimate of drug-likeness (QED) is 0.701. The van der Waals surface area contributed by atoms with Crippen LogP contribution in [0.1, 0.15) is 11.1 Å². The number of rotatable bonds is 1. The van der Waals surface area contributed by atoms with Crippen molar-refractivity contribution in [2.24, 2.45) is 0 Å². The van der Waals surface area contributed by atoms with Crippen molar-refractivity contribution < 1.29 is 4.39 Å². The lowest BCUT2D eigenvalue weighted by molar-refractivity contribution is 0.622. The Balaban J connectivity index is 1.88. The monoisotopic (exact) mass is 294 g/mol. The summed E-state index contributed by atoms with van der Waals surface area (Å²) < 4.78 is 15.6. The Morgan fingerprint density at radius 2 is 1.91 bits per heavy atom. The SMILES string of the molecule is Cc1ccc(-c2nnc3n2CCc2ccc(F)cc2-3)cc1N. The first-order chi connectivity index (χ1) is 10.6. The van der Waals surface area contributed by atoms with Crippen LogP contribution in [0, 0.1) is 12.7 Å². The molecule has 0 bridgehead atoms. The maximum Gasteiger partial charge on any atom is 0.164 e. The van der Waals surface area contributed by atoms with E-state index < -0.39 is 0 Å². The minimum Gasteiger partial charge on any atom is -0.398 e. The third-order valence-electron chi connectivity index (χ3n) is 4.21. The zero-order valence-corrected chi connectivity index (χ0v) is 12.2. The van der Waals surface area contributed by atoms with Crippen LogP contribution in [-0.2, 0) is 13.0 Å². The Kier molecular flexibility index (Phi) is 2.76. The van der Waals surface area contributed by atoms with Crippen LogP contribution < -0.4 is 5.73 Å². The van der Waals surface area contributed by atoms with E-state index in [2.05, 4.69) is 10.2 Å². The van der Waals surface area contributed by atoms with E-state index in [0.29, 0.717) is 0 Å². The minimum absolute atomic E-state index is 0.253. The molecule has 2 N–H and O–H groups in total. The van der Waals surface area contributed by atoms with E-state index in [9.17, 15) is 4.39 Å². The molecule has 0 saturated carbocycles. The van der Waals surface area contributed by atoms with E-state index in [1.165, 1.54) is 12.1 Å². The molecule has 4 nitrogen and oxygen atoms in total. The fourth-order valence-corrected chi connectivity index (χ4v) is 2.91. The van der Waals surface area contributed by atoms with Crippen LogP contribution in [0.2, 0.25) is 0 Å². The number of hydrogen-bond acceptors (Lipinski definition) is 3. The lowest BCUT2D eigenvalue weighted by Gasteiger charge is -2.18. The van der Waals surface area contributed by atoms with Crippen molar-refractivity contribution in [1.82, 2.24) is 14.8 Å². The van der Waals surface area contributed by atoms with E-state index in [0.717, 1.165) is 52.6 Å². The van der Waals surface area contributed by atoms with Gasteiger partial charge in [-0.25, -0.2) is 4.39 Å². The van der Waals surface area contributed by atoms with Gasteiger partial charge in [0.2, 0.25) is 0 Å². The first-order valence-electron chi connectivity index (χ1n) is 7.22. The molecule has 0 unspecified atom stereocenters. The zero-order chi connectivity index (χ0) is 15.3. The molecule has 1 aliphatic rings. The van der Waals surface area contributed by atoms with Gasteiger partial charge in [0.05, 0.1) is 0 Å². The van der Waals surface area contributed by atoms with E-state index in [4.69, 9.17) is 5.73 Å². The number of aromatic nitrogens is 3. The van der Waals surface area contributed by atoms with Gasteiger partial charge >= 0.3 is 0 Å². The van der Waals surface area contributed by atoms with Crippen LogP contribution in [0.5, 0.6) is 0 Å². The number of anilines is 1. The number of benzene rings is 2. The molecular formula is C17H15FN4. The van der Waals surface area contributed by atoms with Gasteiger partial charge in [-0.2, -0.15) is 0 Å². The molecule has 22 heavy (non-hydrogen) atoms. The Labute approximate surface area is 127 Å². The van der Waals surface area contributed by atoms with Crippen LogP contribution in [0.15, 0.2) is 36.4 Å². The molecule has 3 aromatic rings. The molecule has 2 heterocycles. The molecule has 0 fully saturated rings. The highest BCUT2D eigenvalue weighted by molar-refractivity contribution is 5.69. The number of hydrogen-bond donors (Lipinski definition) is 1. The topological polar surface area (TPSA) is 56.7 Å². The summed E-state index contributed by atoms with van der Waals surface area (Å²) in [6, 6.07) is 10.7. The largest absolute Gasteiger partial charge is 0.398 e. The fraction of sp³-hybridized carbons (Fsp3) is 0.176. The molecule has 0 spiro atoms. The summed E-state index contributed by atoms with van der Waals surface area (Å²) in [5.74, 6) is 1.24. The van der Waals surface area contributed by atoms with Gasteiger partial charge in [-0.3, -0.25) is 0 Å². The number of aryl methyl sites for hydroxylation is 2. The van der Waals surface area contributed by atoms with E-state index in [1.54, 1.807) is 0 Å². The second kappa shape index (κ2) is 4.66. The lowest BCUT2D eigenvalue weighted by Crippen LogP contribution is -2.12. The van der Waals surface area contributed by atoms with Gasteiger partial charge in [-0.15, -0.1) is 10.2 Å². The van der Waals surface area contributed by atoms with E-state index in [-0.39, 0.29) is 5.82 Å². The molecule has 4 rings (SSSR count). The second-order valence-corrected chi connectivity index (χ2v) is 5.62. The van der Waals surface area contributed by atoms with Crippen LogP contribution in [0.4, 0.5) is 10.1 Å². The van der Waals surface area contributed by atoms with Crippen molar-refractivity contribution in [3.8, 4) is 22.8 Å². The Hall–Kier alpha value is -2.69. The lowest BCUT2D eigenvalue weighted by atomic mass is 10.00. The summed E-state index contributed by atoms with van der Waals surface area (Å²) in [6.07, 6.45) is 0.842. The molecular weight excluding hydrogens is 279 g/mol. The Morgan fingerprint density at radius 3 is 2.73 bits per heavy atom. The van der Waals surface area contributed by atoms with Crippen molar-refractivity contribution in [2.75, 3.05) is 5.73 Å². The predicted molar refractivity (Wildman–Crippen MR) is 83.7 cm³/mol. The highest BCUT2D eigenvalue weighted by atomic mass is 19.1. The molecule has 0 saturated heterocycles. The third-order valence-corrected chi connectivity index (χ3v) is 4.21. The van der Waals surface area contributed by atoms with Crippen molar-refractivity contribution in [2.45, 2.75) is 19.9 Å². The van der Waals surface area contributed by atoms with Crippen LogP contribution in [0.25, 0.3) is 22.8 Å².